The maximum atomic E-state index is 2.50. The van der Waals surface area contributed by atoms with Crippen LogP contribution in [-0.4, -0.2) is 30.7 Å². The van der Waals surface area contributed by atoms with Crippen molar-refractivity contribution in [3.8, 4) is 0 Å². The zero-order chi connectivity index (χ0) is 14.1. The third-order valence-corrected chi connectivity index (χ3v) is 5.92. The number of hydrogen-bond donors (Lipinski definition) is 0. The van der Waals surface area contributed by atoms with Gasteiger partial charge in [-0.3, -0.25) is 0 Å². The van der Waals surface area contributed by atoms with Crippen LogP contribution in [0.3, 0.4) is 0 Å². The third-order valence-electron chi connectivity index (χ3n) is 5.92. The van der Waals surface area contributed by atoms with Crippen LogP contribution >= 0.6 is 0 Å². The van der Waals surface area contributed by atoms with Gasteiger partial charge in [0.25, 0.3) is 0 Å². The van der Waals surface area contributed by atoms with Gasteiger partial charge in [-0.25, -0.2) is 0 Å². The minimum Gasteiger partial charge on any atom is -0.323 e. The summed E-state index contributed by atoms with van der Waals surface area (Å²) in [6, 6.07) is 0. The Kier molecular flexibility index (Phi) is 4.65. The van der Waals surface area contributed by atoms with E-state index in [1.165, 1.54) is 62.8 Å². The highest BCUT2D eigenvalue weighted by Crippen LogP contribution is 2.38. The van der Waals surface area contributed by atoms with E-state index in [4.69, 9.17) is 0 Å². The summed E-state index contributed by atoms with van der Waals surface area (Å²) in [4.78, 5) is 0. The molecule has 4 atom stereocenters. The lowest BCUT2D eigenvalue weighted by atomic mass is 9.82. The maximum Gasteiger partial charge on any atom is 0.0815 e. The summed E-state index contributed by atoms with van der Waals surface area (Å²) >= 11 is 0. The van der Waals surface area contributed by atoms with Gasteiger partial charge in [0.15, 0.2) is 0 Å². The lowest BCUT2D eigenvalue weighted by Crippen LogP contribution is -2.52. The van der Waals surface area contributed by atoms with Crippen LogP contribution in [0, 0.1) is 23.2 Å². The van der Waals surface area contributed by atoms with Crippen molar-refractivity contribution < 1.29 is 4.48 Å². The quantitative estimate of drug-likeness (QED) is 0.603. The molecule has 0 aromatic carbocycles. The van der Waals surface area contributed by atoms with Gasteiger partial charge >= 0.3 is 0 Å². The van der Waals surface area contributed by atoms with Gasteiger partial charge < -0.3 is 4.48 Å². The minimum atomic E-state index is 0.570. The Hall–Kier alpha value is -0.0400. The van der Waals surface area contributed by atoms with Crippen molar-refractivity contribution in [2.75, 3.05) is 26.2 Å². The van der Waals surface area contributed by atoms with Crippen molar-refractivity contribution in [2.45, 2.75) is 66.7 Å². The lowest BCUT2D eigenvalue weighted by Gasteiger charge is -2.40. The summed E-state index contributed by atoms with van der Waals surface area (Å²) in [5.74, 6) is 2.84. The fourth-order valence-electron chi connectivity index (χ4n) is 4.96. The van der Waals surface area contributed by atoms with Crippen LogP contribution in [0.25, 0.3) is 0 Å². The van der Waals surface area contributed by atoms with Crippen LogP contribution in [0.1, 0.15) is 66.7 Å². The molecule has 0 bridgehead atoms. The first-order valence-electron chi connectivity index (χ1n) is 8.69. The van der Waals surface area contributed by atoms with E-state index in [1.807, 2.05) is 0 Å². The second-order valence-electron chi connectivity index (χ2n) is 8.78. The second kappa shape index (κ2) is 5.76. The van der Waals surface area contributed by atoms with E-state index in [0.717, 1.165) is 17.8 Å². The first-order valence-corrected chi connectivity index (χ1v) is 8.69. The van der Waals surface area contributed by atoms with Crippen molar-refractivity contribution in [3.63, 3.8) is 0 Å². The average molecular weight is 266 g/mol. The molecule has 0 aromatic rings. The largest absolute Gasteiger partial charge is 0.323 e. The Morgan fingerprint density at radius 1 is 1.05 bits per heavy atom. The van der Waals surface area contributed by atoms with Crippen LogP contribution < -0.4 is 0 Å². The van der Waals surface area contributed by atoms with Crippen molar-refractivity contribution >= 4 is 0 Å². The predicted octanol–water partition coefficient (Wildman–Crippen LogP) is 4.72. The van der Waals surface area contributed by atoms with Gasteiger partial charge in [0, 0.05) is 18.3 Å². The summed E-state index contributed by atoms with van der Waals surface area (Å²) in [7, 11) is 0. The molecule has 0 aliphatic carbocycles. The Morgan fingerprint density at radius 3 is 2.47 bits per heavy atom. The lowest BCUT2D eigenvalue weighted by molar-refractivity contribution is -0.932. The summed E-state index contributed by atoms with van der Waals surface area (Å²) in [5.41, 5.74) is 0.570. The SMILES string of the molecule is CCC1CC(C)CC[N+]2(CCC(C)(C)CC(C)C2)C1. The van der Waals surface area contributed by atoms with Crippen LogP contribution in [0.5, 0.6) is 0 Å². The highest BCUT2D eigenvalue weighted by molar-refractivity contribution is 4.77. The fourth-order valence-corrected chi connectivity index (χ4v) is 4.96. The molecule has 1 heteroatoms. The molecule has 0 aromatic heterocycles. The molecule has 0 amide bonds. The molecular weight excluding hydrogens is 230 g/mol. The molecule has 2 saturated heterocycles. The normalized spacial score (nSPS) is 43.7. The molecule has 0 radical (unpaired) electrons. The van der Waals surface area contributed by atoms with E-state index in [-0.39, 0.29) is 0 Å². The predicted molar refractivity (Wildman–Crippen MR) is 84.1 cm³/mol. The molecule has 112 valence electrons. The van der Waals surface area contributed by atoms with Gasteiger partial charge in [0.05, 0.1) is 26.2 Å². The van der Waals surface area contributed by atoms with Crippen LogP contribution in [0.15, 0.2) is 0 Å². The first-order chi connectivity index (χ1) is 8.84. The molecule has 2 aliphatic heterocycles. The standard InChI is InChI=1S/C18H36N/c1-6-17-11-15(2)7-9-19(14-17)10-8-18(4,5)12-16(3)13-19/h15-17H,6-14H2,1-5H3/q+1. The average Bonchev–Trinajstić information content (AvgIpc) is 2.53. The number of quaternary nitrogens is 1. The van der Waals surface area contributed by atoms with Crippen LogP contribution in [0.2, 0.25) is 0 Å². The molecule has 0 N–H and O–H groups in total. The zero-order valence-electron chi connectivity index (χ0n) is 14.0. The summed E-state index contributed by atoms with van der Waals surface area (Å²) < 4.78 is 1.45. The summed E-state index contributed by atoms with van der Waals surface area (Å²) in [6.45, 7) is 18.2. The molecule has 0 saturated carbocycles. The van der Waals surface area contributed by atoms with Crippen molar-refractivity contribution in [3.05, 3.63) is 0 Å². The molecule has 19 heavy (non-hydrogen) atoms. The monoisotopic (exact) mass is 266 g/mol. The zero-order valence-corrected chi connectivity index (χ0v) is 14.0. The Morgan fingerprint density at radius 2 is 1.79 bits per heavy atom. The van der Waals surface area contributed by atoms with Gasteiger partial charge in [0.2, 0.25) is 0 Å². The topological polar surface area (TPSA) is 0 Å². The van der Waals surface area contributed by atoms with Crippen molar-refractivity contribution in [1.82, 2.24) is 0 Å². The summed E-state index contributed by atoms with van der Waals surface area (Å²) in [6.07, 6.45) is 7.20. The third kappa shape index (κ3) is 3.97. The van der Waals surface area contributed by atoms with E-state index < -0.39 is 0 Å². The maximum absolute atomic E-state index is 2.50. The molecule has 1 nitrogen and oxygen atoms in total. The fraction of sp³-hybridized carbons (Fsp3) is 1.00. The van der Waals surface area contributed by atoms with Crippen molar-refractivity contribution in [1.29, 1.82) is 0 Å². The van der Waals surface area contributed by atoms with Gasteiger partial charge in [-0.1, -0.05) is 34.6 Å². The van der Waals surface area contributed by atoms with Crippen LogP contribution in [0.4, 0.5) is 0 Å². The van der Waals surface area contributed by atoms with E-state index in [0.29, 0.717) is 5.41 Å². The first kappa shape index (κ1) is 15.4. The van der Waals surface area contributed by atoms with Crippen LogP contribution in [-0.2, 0) is 0 Å². The van der Waals surface area contributed by atoms with Crippen molar-refractivity contribution in [2.24, 2.45) is 23.2 Å². The highest BCUT2D eigenvalue weighted by atomic mass is 15.4. The molecule has 2 fully saturated rings. The number of nitrogens with zero attached hydrogens (tertiary/aromatic N) is 1. The van der Waals surface area contributed by atoms with E-state index >= 15 is 0 Å². The molecule has 2 rings (SSSR count). The van der Waals surface area contributed by atoms with E-state index in [2.05, 4.69) is 34.6 Å². The highest BCUT2D eigenvalue weighted by Gasteiger charge is 2.40. The Labute approximate surface area is 121 Å². The molecular formula is C18H36N+. The molecule has 2 heterocycles. The minimum absolute atomic E-state index is 0.570. The smallest absolute Gasteiger partial charge is 0.0815 e. The van der Waals surface area contributed by atoms with Gasteiger partial charge in [-0.2, -0.15) is 0 Å². The number of rotatable bonds is 1. The summed E-state index contributed by atoms with van der Waals surface area (Å²) in [5, 5.41) is 0. The Balaban J connectivity index is 2.15. The van der Waals surface area contributed by atoms with E-state index in [9.17, 15) is 0 Å². The molecule has 4 unspecified atom stereocenters. The number of hydrogen-bond acceptors (Lipinski definition) is 0. The second-order valence-corrected chi connectivity index (χ2v) is 8.78. The van der Waals surface area contributed by atoms with Gasteiger partial charge in [0.1, 0.15) is 0 Å². The molecule has 1 spiro atoms. The molecule has 2 aliphatic rings. The van der Waals surface area contributed by atoms with Gasteiger partial charge in [-0.05, 0) is 37.0 Å². The Bertz CT molecular complexity index is 296. The van der Waals surface area contributed by atoms with E-state index in [1.54, 1.807) is 0 Å². The van der Waals surface area contributed by atoms with Gasteiger partial charge in [-0.15, -0.1) is 0 Å².